The molecular weight excluding hydrogens is 264 g/mol. The summed E-state index contributed by atoms with van der Waals surface area (Å²) >= 11 is 0. The molecule has 0 bridgehead atoms. The van der Waals surface area contributed by atoms with Gasteiger partial charge in [-0.15, -0.1) is 0 Å². The molecular formula is C17H22N2O2. The molecule has 1 atom stereocenters. The number of nitrogens with one attached hydrogen (secondary N) is 2. The van der Waals surface area contributed by atoms with Gasteiger partial charge in [0, 0.05) is 23.5 Å². The molecule has 1 heterocycles. The number of hydrogen-bond donors (Lipinski definition) is 3. The summed E-state index contributed by atoms with van der Waals surface area (Å²) in [6.07, 6.45) is 5.45. The highest BCUT2D eigenvalue weighted by molar-refractivity contribution is 5.87. The Morgan fingerprint density at radius 3 is 2.76 bits per heavy atom. The van der Waals surface area contributed by atoms with Gasteiger partial charge in [0.25, 0.3) is 0 Å². The molecule has 0 saturated heterocycles. The third-order valence-corrected chi connectivity index (χ3v) is 3.67. The second kappa shape index (κ2) is 6.59. The summed E-state index contributed by atoms with van der Waals surface area (Å²) in [5, 5.41) is 13.2. The first-order valence-corrected chi connectivity index (χ1v) is 7.14. The summed E-state index contributed by atoms with van der Waals surface area (Å²) in [6.45, 7) is 4.17. The van der Waals surface area contributed by atoms with Gasteiger partial charge in [0.05, 0.1) is 0 Å². The first-order chi connectivity index (χ1) is 10.0. The van der Waals surface area contributed by atoms with E-state index < -0.39 is 12.0 Å². The van der Waals surface area contributed by atoms with E-state index in [1.165, 1.54) is 11.1 Å². The molecule has 0 aliphatic rings. The van der Waals surface area contributed by atoms with Gasteiger partial charge >= 0.3 is 5.97 Å². The van der Waals surface area contributed by atoms with E-state index in [4.69, 9.17) is 0 Å². The van der Waals surface area contributed by atoms with Gasteiger partial charge in [-0.25, -0.2) is 0 Å². The number of carbonyl (C=O) groups is 1. The summed E-state index contributed by atoms with van der Waals surface area (Å²) in [4.78, 5) is 14.5. The molecule has 2 rings (SSSR count). The van der Waals surface area contributed by atoms with Gasteiger partial charge in [-0.2, -0.15) is 0 Å². The molecule has 0 spiro atoms. The summed E-state index contributed by atoms with van der Waals surface area (Å²) in [5.74, 6) is -0.825. The molecule has 21 heavy (non-hydrogen) atoms. The Labute approximate surface area is 124 Å². The van der Waals surface area contributed by atoms with Crippen molar-refractivity contribution in [1.29, 1.82) is 0 Å². The zero-order valence-electron chi connectivity index (χ0n) is 12.7. The van der Waals surface area contributed by atoms with Crippen LogP contribution in [-0.2, 0) is 17.6 Å². The number of H-pyrrole nitrogens is 1. The average Bonchev–Trinajstić information content (AvgIpc) is 2.85. The van der Waals surface area contributed by atoms with E-state index in [9.17, 15) is 9.90 Å². The third kappa shape index (κ3) is 3.52. The predicted molar refractivity (Wildman–Crippen MR) is 85.6 cm³/mol. The molecule has 2 aromatic rings. The molecule has 1 aromatic heterocycles. The van der Waals surface area contributed by atoms with Crippen molar-refractivity contribution in [3.05, 3.63) is 47.2 Å². The van der Waals surface area contributed by atoms with Crippen molar-refractivity contribution in [3.8, 4) is 0 Å². The van der Waals surface area contributed by atoms with E-state index in [0.29, 0.717) is 6.42 Å². The highest BCUT2D eigenvalue weighted by atomic mass is 16.4. The Morgan fingerprint density at radius 2 is 2.14 bits per heavy atom. The molecule has 3 N–H and O–H groups in total. The summed E-state index contributed by atoms with van der Waals surface area (Å²) in [7, 11) is 1.68. The van der Waals surface area contributed by atoms with E-state index >= 15 is 0 Å². The van der Waals surface area contributed by atoms with Gasteiger partial charge < -0.3 is 15.4 Å². The van der Waals surface area contributed by atoms with Crippen LogP contribution >= 0.6 is 0 Å². The number of aromatic nitrogens is 1. The van der Waals surface area contributed by atoms with Gasteiger partial charge in [0.2, 0.25) is 0 Å². The van der Waals surface area contributed by atoms with E-state index in [0.717, 1.165) is 22.9 Å². The first kappa shape index (κ1) is 15.3. The lowest BCUT2D eigenvalue weighted by Crippen LogP contribution is -2.35. The Kier molecular flexibility index (Phi) is 4.81. The lowest BCUT2D eigenvalue weighted by atomic mass is 9.99. The van der Waals surface area contributed by atoms with Crippen molar-refractivity contribution >= 4 is 16.9 Å². The van der Waals surface area contributed by atoms with E-state index in [-0.39, 0.29) is 0 Å². The minimum absolute atomic E-state index is 0.470. The van der Waals surface area contributed by atoms with Crippen LogP contribution in [0.3, 0.4) is 0 Å². The quantitative estimate of drug-likeness (QED) is 0.715. The predicted octanol–water partition coefficient (Wildman–Crippen LogP) is 2.89. The topological polar surface area (TPSA) is 65.1 Å². The zero-order valence-corrected chi connectivity index (χ0v) is 12.7. The average molecular weight is 286 g/mol. The Hall–Kier alpha value is -2.07. The Morgan fingerprint density at radius 1 is 1.38 bits per heavy atom. The number of aliphatic carboxylic acids is 1. The van der Waals surface area contributed by atoms with E-state index in [1.54, 1.807) is 7.05 Å². The summed E-state index contributed by atoms with van der Waals surface area (Å²) in [6, 6.07) is 5.60. The molecule has 0 fully saturated rings. The van der Waals surface area contributed by atoms with Crippen molar-refractivity contribution in [2.45, 2.75) is 32.7 Å². The largest absolute Gasteiger partial charge is 0.480 e. The molecule has 1 aromatic carbocycles. The van der Waals surface area contributed by atoms with Gasteiger partial charge in [-0.05, 0) is 44.5 Å². The first-order valence-electron chi connectivity index (χ1n) is 7.14. The number of likely N-dealkylation sites (N-methyl/N-ethyl adjacent to an activating group) is 1. The molecule has 112 valence electrons. The second-order valence-electron chi connectivity index (χ2n) is 5.52. The number of carboxylic acids is 1. The number of allylic oxidation sites excluding steroid dienone is 2. The van der Waals surface area contributed by atoms with Crippen LogP contribution < -0.4 is 5.32 Å². The zero-order chi connectivity index (χ0) is 15.4. The second-order valence-corrected chi connectivity index (χ2v) is 5.52. The Balaban J connectivity index is 2.40. The van der Waals surface area contributed by atoms with Crippen LogP contribution in [0, 0.1) is 0 Å². The smallest absolute Gasteiger partial charge is 0.321 e. The van der Waals surface area contributed by atoms with Crippen molar-refractivity contribution in [2.75, 3.05) is 7.05 Å². The van der Waals surface area contributed by atoms with E-state index in [1.807, 2.05) is 18.3 Å². The van der Waals surface area contributed by atoms with Crippen LogP contribution in [0.2, 0.25) is 0 Å². The maximum absolute atomic E-state index is 11.2. The van der Waals surface area contributed by atoms with Gasteiger partial charge in [-0.1, -0.05) is 23.8 Å². The summed E-state index contributed by atoms with van der Waals surface area (Å²) < 4.78 is 0. The molecule has 0 unspecified atom stereocenters. The van der Waals surface area contributed by atoms with Crippen molar-refractivity contribution < 1.29 is 9.90 Å². The van der Waals surface area contributed by atoms with Crippen LogP contribution in [0.4, 0.5) is 0 Å². The fourth-order valence-corrected chi connectivity index (χ4v) is 2.51. The normalized spacial score (nSPS) is 12.3. The molecule has 0 aliphatic heterocycles. The lowest BCUT2D eigenvalue weighted by molar-refractivity contribution is -0.139. The van der Waals surface area contributed by atoms with Gasteiger partial charge in [0.1, 0.15) is 6.04 Å². The fourth-order valence-electron chi connectivity index (χ4n) is 2.51. The standard InChI is InChI=1S/C17H22N2O2/c1-11(2)7-8-12-5-4-6-14-16(12)13(10-19-14)9-15(18-3)17(20)21/h4-7,10,15,18-19H,8-9H2,1-3H3,(H,20,21)/t15-/m0/s1. The van der Waals surface area contributed by atoms with E-state index in [2.05, 4.69) is 36.3 Å². The van der Waals surface area contributed by atoms with Crippen LogP contribution in [0.15, 0.2) is 36.0 Å². The maximum Gasteiger partial charge on any atom is 0.321 e. The van der Waals surface area contributed by atoms with Crippen LogP contribution in [0.5, 0.6) is 0 Å². The molecule has 0 saturated carbocycles. The SMILES string of the molecule is CN[C@@H](Cc1c[nH]c2cccc(CC=C(C)C)c12)C(=O)O. The minimum Gasteiger partial charge on any atom is -0.480 e. The Bertz CT molecular complexity index is 666. The number of carboxylic acid groups (broad SMARTS) is 1. The van der Waals surface area contributed by atoms with Gasteiger partial charge in [0.15, 0.2) is 0 Å². The fraction of sp³-hybridized carbons (Fsp3) is 0.353. The van der Waals surface area contributed by atoms with Crippen molar-refractivity contribution in [1.82, 2.24) is 10.3 Å². The minimum atomic E-state index is -0.825. The van der Waals surface area contributed by atoms with Crippen LogP contribution in [0.25, 0.3) is 10.9 Å². The lowest BCUT2D eigenvalue weighted by Gasteiger charge is -2.11. The molecule has 4 nitrogen and oxygen atoms in total. The number of aromatic amines is 1. The number of fused-ring (bicyclic) bond motifs is 1. The van der Waals surface area contributed by atoms with Gasteiger partial charge in [-0.3, -0.25) is 4.79 Å². The number of rotatable bonds is 6. The highest BCUT2D eigenvalue weighted by Gasteiger charge is 2.18. The third-order valence-electron chi connectivity index (χ3n) is 3.67. The van der Waals surface area contributed by atoms with Crippen LogP contribution in [-0.4, -0.2) is 29.1 Å². The highest BCUT2D eigenvalue weighted by Crippen LogP contribution is 2.24. The molecule has 0 aliphatic carbocycles. The molecule has 0 radical (unpaired) electrons. The monoisotopic (exact) mass is 286 g/mol. The van der Waals surface area contributed by atoms with Crippen molar-refractivity contribution in [3.63, 3.8) is 0 Å². The molecule has 0 amide bonds. The van der Waals surface area contributed by atoms with Crippen LogP contribution in [0.1, 0.15) is 25.0 Å². The number of benzene rings is 1. The summed E-state index contributed by atoms with van der Waals surface area (Å²) in [5.41, 5.74) is 4.61. The molecule has 4 heteroatoms. The maximum atomic E-state index is 11.2. The van der Waals surface area contributed by atoms with Crippen molar-refractivity contribution in [2.24, 2.45) is 0 Å². The number of hydrogen-bond acceptors (Lipinski definition) is 2.